The summed E-state index contributed by atoms with van der Waals surface area (Å²) < 4.78 is 5.94. The van der Waals surface area contributed by atoms with E-state index >= 15 is 0 Å². The highest BCUT2D eigenvalue weighted by Crippen LogP contribution is 2.66. The molecule has 0 aromatic heterocycles. The van der Waals surface area contributed by atoms with E-state index in [1.165, 1.54) is 12.5 Å². The standard InChI is InChI=1S/C17H22O3/c1-11-8-9-12-10-17(11,16(12,2)3)20-15(19)13-6-4-5-7-14(13)18/h4-7,11-12,18H,8-10H2,1-3H3. The molecule has 3 aliphatic rings. The van der Waals surface area contributed by atoms with Gasteiger partial charge in [0.15, 0.2) is 0 Å². The van der Waals surface area contributed by atoms with Crippen molar-refractivity contribution in [1.82, 2.24) is 0 Å². The van der Waals surface area contributed by atoms with E-state index < -0.39 is 5.97 Å². The summed E-state index contributed by atoms with van der Waals surface area (Å²) >= 11 is 0. The summed E-state index contributed by atoms with van der Waals surface area (Å²) in [5.74, 6) is 0.614. The largest absolute Gasteiger partial charge is 0.507 e. The minimum Gasteiger partial charge on any atom is -0.507 e. The Labute approximate surface area is 120 Å². The van der Waals surface area contributed by atoms with Gasteiger partial charge in [-0.3, -0.25) is 0 Å². The second kappa shape index (κ2) is 4.24. The first-order chi connectivity index (χ1) is 9.38. The van der Waals surface area contributed by atoms with Crippen LogP contribution >= 0.6 is 0 Å². The smallest absolute Gasteiger partial charge is 0.342 e. The van der Waals surface area contributed by atoms with Crippen molar-refractivity contribution < 1.29 is 14.6 Å². The van der Waals surface area contributed by atoms with E-state index in [4.69, 9.17) is 4.74 Å². The predicted molar refractivity (Wildman–Crippen MR) is 76.5 cm³/mol. The van der Waals surface area contributed by atoms with Gasteiger partial charge in [0.2, 0.25) is 0 Å². The van der Waals surface area contributed by atoms with Gasteiger partial charge in [0.05, 0.1) is 0 Å². The van der Waals surface area contributed by atoms with E-state index in [1.807, 2.05) is 0 Å². The number of ether oxygens (including phenoxy) is 1. The molecule has 3 saturated carbocycles. The van der Waals surface area contributed by atoms with Gasteiger partial charge >= 0.3 is 5.97 Å². The quantitative estimate of drug-likeness (QED) is 0.835. The molecule has 1 N–H and O–H groups in total. The van der Waals surface area contributed by atoms with Crippen molar-refractivity contribution in [3.05, 3.63) is 29.8 Å². The number of hydrogen-bond acceptors (Lipinski definition) is 3. The average molecular weight is 274 g/mol. The summed E-state index contributed by atoms with van der Waals surface area (Å²) in [5.41, 5.74) is -0.0705. The van der Waals surface area contributed by atoms with Gasteiger partial charge in [0.25, 0.3) is 0 Å². The third-order valence-corrected chi connectivity index (χ3v) is 5.80. The number of phenols is 1. The van der Waals surface area contributed by atoms with Gasteiger partial charge in [0.1, 0.15) is 16.9 Å². The molecule has 0 amide bonds. The molecular formula is C17H22O3. The Morgan fingerprint density at radius 2 is 2.00 bits per heavy atom. The van der Waals surface area contributed by atoms with Crippen LogP contribution in [0.25, 0.3) is 0 Å². The molecule has 3 unspecified atom stereocenters. The SMILES string of the molecule is CC1CCC2CC1(OC(=O)c1ccccc1O)C2(C)C. The van der Waals surface area contributed by atoms with E-state index in [0.717, 1.165) is 12.8 Å². The molecule has 0 saturated heterocycles. The van der Waals surface area contributed by atoms with Crippen molar-refractivity contribution in [2.24, 2.45) is 17.3 Å². The van der Waals surface area contributed by atoms with Crippen molar-refractivity contribution in [3.63, 3.8) is 0 Å². The monoisotopic (exact) mass is 274 g/mol. The van der Waals surface area contributed by atoms with Crippen LogP contribution in [0.15, 0.2) is 24.3 Å². The first-order valence-electron chi connectivity index (χ1n) is 7.40. The number of rotatable bonds is 2. The van der Waals surface area contributed by atoms with Crippen molar-refractivity contribution in [2.45, 2.75) is 45.6 Å². The molecule has 0 radical (unpaired) electrons. The molecule has 3 heteroatoms. The minimum atomic E-state index is -0.400. The van der Waals surface area contributed by atoms with Crippen LogP contribution in [0, 0.1) is 17.3 Å². The Hall–Kier alpha value is -1.51. The molecule has 108 valence electrons. The number of phenolic OH excluding ortho intramolecular Hbond substituents is 1. The highest BCUT2D eigenvalue weighted by Gasteiger charge is 2.67. The summed E-state index contributed by atoms with van der Waals surface area (Å²) in [5, 5.41) is 9.80. The van der Waals surface area contributed by atoms with E-state index in [1.54, 1.807) is 18.2 Å². The minimum absolute atomic E-state index is 0.00829. The Bertz CT molecular complexity index is 549. The van der Waals surface area contributed by atoms with Crippen molar-refractivity contribution >= 4 is 5.97 Å². The maximum absolute atomic E-state index is 12.4. The van der Waals surface area contributed by atoms with Gasteiger partial charge in [-0.25, -0.2) is 4.79 Å². The number of hydrogen-bond donors (Lipinski definition) is 1. The Kier molecular flexibility index (Phi) is 2.86. The number of esters is 1. The maximum Gasteiger partial charge on any atom is 0.342 e. The molecule has 20 heavy (non-hydrogen) atoms. The van der Waals surface area contributed by atoms with Crippen LogP contribution in [-0.4, -0.2) is 16.7 Å². The second-order valence-electron chi connectivity index (χ2n) is 6.90. The van der Waals surface area contributed by atoms with Crippen molar-refractivity contribution in [1.29, 1.82) is 0 Å². The van der Waals surface area contributed by atoms with Crippen molar-refractivity contribution in [2.75, 3.05) is 0 Å². The van der Waals surface area contributed by atoms with E-state index in [9.17, 15) is 9.90 Å². The Morgan fingerprint density at radius 1 is 1.30 bits per heavy atom. The van der Waals surface area contributed by atoms with Gasteiger partial charge in [-0.2, -0.15) is 0 Å². The van der Waals surface area contributed by atoms with Gasteiger partial charge in [0, 0.05) is 5.41 Å². The zero-order valence-corrected chi connectivity index (χ0v) is 12.3. The molecule has 3 aliphatic carbocycles. The third kappa shape index (κ3) is 1.62. The first kappa shape index (κ1) is 13.5. The van der Waals surface area contributed by atoms with Crippen LogP contribution in [0.4, 0.5) is 0 Å². The summed E-state index contributed by atoms with van der Waals surface area (Å²) in [4.78, 5) is 12.4. The third-order valence-electron chi connectivity index (χ3n) is 5.80. The van der Waals surface area contributed by atoms with Crippen LogP contribution in [0.5, 0.6) is 5.75 Å². The zero-order chi connectivity index (χ0) is 14.5. The molecule has 1 aromatic rings. The molecule has 1 aromatic carbocycles. The number of carbonyl (C=O) groups is 1. The van der Waals surface area contributed by atoms with Crippen LogP contribution in [0.1, 0.15) is 50.4 Å². The van der Waals surface area contributed by atoms with Crippen LogP contribution < -0.4 is 0 Å². The molecule has 0 heterocycles. The highest BCUT2D eigenvalue weighted by molar-refractivity contribution is 5.92. The summed E-state index contributed by atoms with van der Waals surface area (Å²) in [6.07, 6.45) is 3.30. The van der Waals surface area contributed by atoms with E-state index in [0.29, 0.717) is 11.8 Å². The molecule has 3 atom stereocenters. The molecule has 0 spiro atoms. The fraction of sp³-hybridized carbons (Fsp3) is 0.588. The fourth-order valence-electron chi connectivity index (χ4n) is 4.22. The first-order valence-corrected chi connectivity index (χ1v) is 7.40. The number of fused-ring (bicyclic) bond motifs is 2. The molecule has 2 bridgehead atoms. The van der Waals surface area contributed by atoms with Crippen molar-refractivity contribution in [3.8, 4) is 5.75 Å². The number of aromatic hydroxyl groups is 1. The molecule has 4 rings (SSSR count). The van der Waals surface area contributed by atoms with Gasteiger partial charge in [-0.05, 0) is 43.2 Å². The predicted octanol–water partition coefficient (Wildman–Crippen LogP) is 3.76. The Morgan fingerprint density at radius 3 is 2.60 bits per heavy atom. The fourth-order valence-corrected chi connectivity index (χ4v) is 4.22. The number of carbonyl (C=O) groups excluding carboxylic acids is 1. The highest BCUT2D eigenvalue weighted by atomic mass is 16.6. The average Bonchev–Trinajstić information content (AvgIpc) is 2.41. The maximum atomic E-state index is 12.4. The summed E-state index contributed by atoms with van der Waals surface area (Å²) in [6, 6.07) is 6.59. The summed E-state index contributed by atoms with van der Waals surface area (Å²) in [7, 11) is 0. The lowest BCUT2D eigenvalue weighted by molar-refractivity contribution is -0.250. The zero-order valence-electron chi connectivity index (χ0n) is 12.3. The summed E-state index contributed by atoms with van der Waals surface area (Å²) in [6.45, 7) is 6.58. The molecule has 0 aliphatic heterocycles. The van der Waals surface area contributed by atoms with Gasteiger partial charge < -0.3 is 9.84 Å². The number of para-hydroxylation sites is 1. The number of benzene rings is 1. The van der Waals surface area contributed by atoms with Crippen LogP contribution in [-0.2, 0) is 4.74 Å². The topological polar surface area (TPSA) is 46.5 Å². The molecule has 3 nitrogen and oxygen atoms in total. The van der Waals surface area contributed by atoms with E-state index in [2.05, 4.69) is 20.8 Å². The van der Waals surface area contributed by atoms with Gasteiger partial charge in [-0.15, -0.1) is 0 Å². The Balaban J connectivity index is 1.87. The van der Waals surface area contributed by atoms with E-state index in [-0.39, 0.29) is 22.3 Å². The van der Waals surface area contributed by atoms with Crippen LogP contribution in [0.3, 0.4) is 0 Å². The van der Waals surface area contributed by atoms with Gasteiger partial charge in [-0.1, -0.05) is 32.9 Å². The second-order valence-corrected chi connectivity index (χ2v) is 6.90. The lowest BCUT2D eigenvalue weighted by Gasteiger charge is -2.66. The van der Waals surface area contributed by atoms with Crippen LogP contribution in [0.2, 0.25) is 0 Å². The molecule has 3 fully saturated rings. The lowest BCUT2D eigenvalue weighted by Crippen LogP contribution is -2.68. The lowest BCUT2D eigenvalue weighted by atomic mass is 9.42. The normalized spacial score (nSPS) is 34.1. The molecular weight excluding hydrogens is 252 g/mol.